The van der Waals surface area contributed by atoms with Crippen molar-refractivity contribution in [1.29, 1.82) is 0 Å². The fourth-order valence-electron chi connectivity index (χ4n) is 3.52. The lowest BCUT2D eigenvalue weighted by molar-refractivity contribution is 0.0989. The van der Waals surface area contributed by atoms with Crippen LogP contribution in [-0.4, -0.2) is 18.3 Å². The SMILES string of the molecule is CCOc1ccc(C(C)=O)cc1CN1C(=O)c2cccc3cccc1c23. The van der Waals surface area contributed by atoms with Gasteiger partial charge in [0.15, 0.2) is 5.78 Å². The van der Waals surface area contributed by atoms with Crippen molar-refractivity contribution in [2.75, 3.05) is 11.5 Å². The van der Waals surface area contributed by atoms with Gasteiger partial charge in [-0.15, -0.1) is 0 Å². The Kier molecular flexibility index (Phi) is 3.96. The maximum absolute atomic E-state index is 13.0. The fourth-order valence-corrected chi connectivity index (χ4v) is 3.52. The summed E-state index contributed by atoms with van der Waals surface area (Å²) in [6.07, 6.45) is 0. The molecule has 1 amide bonds. The number of hydrogen-bond donors (Lipinski definition) is 0. The third kappa shape index (κ3) is 2.54. The highest BCUT2D eigenvalue weighted by molar-refractivity contribution is 6.24. The number of nitrogens with zero attached hydrogens (tertiary/aromatic N) is 1. The Bertz CT molecular complexity index is 1030. The first kappa shape index (κ1) is 16.3. The average Bonchev–Trinajstić information content (AvgIpc) is 2.91. The van der Waals surface area contributed by atoms with E-state index in [0.29, 0.717) is 24.5 Å². The lowest BCUT2D eigenvalue weighted by atomic mass is 10.1. The number of amides is 1. The van der Waals surface area contributed by atoms with E-state index in [9.17, 15) is 9.59 Å². The summed E-state index contributed by atoms with van der Waals surface area (Å²) in [5, 5.41) is 2.04. The molecule has 3 aromatic carbocycles. The molecule has 130 valence electrons. The number of hydrogen-bond acceptors (Lipinski definition) is 3. The lowest BCUT2D eigenvalue weighted by Gasteiger charge is -2.20. The summed E-state index contributed by atoms with van der Waals surface area (Å²) >= 11 is 0. The molecule has 1 aliphatic heterocycles. The highest BCUT2D eigenvalue weighted by Gasteiger charge is 2.30. The number of ketones is 1. The molecule has 4 nitrogen and oxygen atoms in total. The molecule has 0 aliphatic carbocycles. The van der Waals surface area contributed by atoms with E-state index in [1.165, 1.54) is 6.92 Å². The predicted octanol–water partition coefficient (Wildman–Crippen LogP) is 4.60. The Morgan fingerprint density at radius 1 is 1.08 bits per heavy atom. The van der Waals surface area contributed by atoms with E-state index in [0.717, 1.165) is 27.6 Å². The van der Waals surface area contributed by atoms with Crippen molar-refractivity contribution in [2.24, 2.45) is 0 Å². The van der Waals surface area contributed by atoms with Crippen molar-refractivity contribution >= 4 is 28.2 Å². The maximum Gasteiger partial charge on any atom is 0.259 e. The van der Waals surface area contributed by atoms with Crippen LogP contribution in [-0.2, 0) is 6.54 Å². The standard InChI is InChI=1S/C22H19NO3/c1-3-26-20-11-10-16(14(2)24)12-17(20)13-23-19-9-5-7-15-6-4-8-18(21(15)19)22(23)25/h4-12H,3,13H2,1-2H3. The number of Topliss-reactive ketones (excluding diaryl/α,β-unsaturated/α-hetero) is 1. The van der Waals surface area contributed by atoms with Crippen LogP contribution in [0.15, 0.2) is 54.6 Å². The number of benzene rings is 3. The minimum Gasteiger partial charge on any atom is -0.494 e. The molecule has 0 atom stereocenters. The predicted molar refractivity (Wildman–Crippen MR) is 102 cm³/mol. The van der Waals surface area contributed by atoms with Crippen molar-refractivity contribution in [3.63, 3.8) is 0 Å². The summed E-state index contributed by atoms with van der Waals surface area (Å²) in [5.41, 5.74) is 3.07. The first-order valence-corrected chi connectivity index (χ1v) is 8.70. The first-order valence-electron chi connectivity index (χ1n) is 8.70. The van der Waals surface area contributed by atoms with E-state index < -0.39 is 0 Å². The van der Waals surface area contributed by atoms with Gasteiger partial charge in [0, 0.05) is 22.1 Å². The molecule has 1 aliphatic rings. The third-order valence-electron chi connectivity index (χ3n) is 4.74. The molecule has 26 heavy (non-hydrogen) atoms. The van der Waals surface area contributed by atoms with E-state index in [1.807, 2.05) is 55.5 Å². The van der Waals surface area contributed by atoms with Crippen LogP contribution in [0, 0.1) is 0 Å². The Morgan fingerprint density at radius 2 is 1.85 bits per heavy atom. The minimum atomic E-state index is -0.0209. The summed E-state index contributed by atoms with van der Waals surface area (Å²) in [6, 6.07) is 17.1. The monoisotopic (exact) mass is 345 g/mol. The van der Waals surface area contributed by atoms with Crippen LogP contribution in [0.25, 0.3) is 10.8 Å². The zero-order valence-corrected chi connectivity index (χ0v) is 14.8. The summed E-state index contributed by atoms with van der Waals surface area (Å²) < 4.78 is 5.72. The number of carbonyl (C=O) groups is 2. The number of ether oxygens (including phenoxy) is 1. The summed E-state index contributed by atoms with van der Waals surface area (Å²) in [5.74, 6) is 0.674. The molecule has 0 bridgehead atoms. The minimum absolute atomic E-state index is 0.00701. The Balaban J connectivity index is 1.79. The molecule has 0 saturated carbocycles. The molecule has 0 saturated heterocycles. The largest absolute Gasteiger partial charge is 0.494 e. The van der Waals surface area contributed by atoms with Crippen molar-refractivity contribution in [3.05, 3.63) is 71.3 Å². The van der Waals surface area contributed by atoms with Crippen molar-refractivity contribution in [2.45, 2.75) is 20.4 Å². The molecule has 0 radical (unpaired) electrons. The van der Waals surface area contributed by atoms with Gasteiger partial charge in [0.2, 0.25) is 0 Å². The molecule has 0 spiro atoms. The average molecular weight is 345 g/mol. The molecule has 0 unspecified atom stereocenters. The number of rotatable bonds is 5. The van der Waals surface area contributed by atoms with Gasteiger partial charge in [0.1, 0.15) is 5.75 Å². The second-order valence-electron chi connectivity index (χ2n) is 6.38. The van der Waals surface area contributed by atoms with Gasteiger partial charge in [0.05, 0.1) is 18.8 Å². The smallest absolute Gasteiger partial charge is 0.259 e. The lowest BCUT2D eigenvalue weighted by Crippen LogP contribution is -2.26. The van der Waals surface area contributed by atoms with Crippen LogP contribution in [0.1, 0.15) is 40.1 Å². The third-order valence-corrected chi connectivity index (χ3v) is 4.74. The molecule has 3 aromatic rings. The molecular formula is C22H19NO3. The van der Waals surface area contributed by atoms with Crippen LogP contribution >= 0.6 is 0 Å². The van der Waals surface area contributed by atoms with Gasteiger partial charge < -0.3 is 9.64 Å². The topological polar surface area (TPSA) is 46.6 Å². The van der Waals surface area contributed by atoms with Gasteiger partial charge >= 0.3 is 0 Å². The second-order valence-corrected chi connectivity index (χ2v) is 6.38. The van der Waals surface area contributed by atoms with E-state index in [1.54, 1.807) is 11.0 Å². The van der Waals surface area contributed by atoms with Gasteiger partial charge in [-0.05, 0) is 49.6 Å². The van der Waals surface area contributed by atoms with Crippen molar-refractivity contribution < 1.29 is 14.3 Å². The highest BCUT2D eigenvalue weighted by atomic mass is 16.5. The van der Waals surface area contributed by atoms with Crippen LogP contribution in [0.5, 0.6) is 5.75 Å². The Hall–Kier alpha value is -3.14. The quantitative estimate of drug-likeness (QED) is 0.635. The Morgan fingerprint density at radius 3 is 2.58 bits per heavy atom. The maximum atomic E-state index is 13.0. The van der Waals surface area contributed by atoms with Gasteiger partial charge in [-0.3, -0.25) is 9.59 Å². The molecule has 0 aromatic heterocycles. The van der Waals surface area contributed by atoms with Crippen LogP contribution < -0.4 is 9.64 Å². The van der Waals surface area contributed by atoms with E-state index in [2.05, 4.69) is 0 Å². The molecule has 0 N–H and O–H groups in total. The second kappa shape index (κ2) is 6.30. The van der Waals surface area contributed by atoms with Crippen LogP contribution in [0.4, 0.5) is 5.69 Å². The molecule has 4 heteroatoms. The number of anilines is 1. The van der Waals surface area contributed by atoms with Crippen LogP contribution in [0.3, 0.4) is 0 Å². The fraction of sp³-hybridized carbons (Fsp3) is 0.182. The van der Waals surface area contributed by atoms with Crippen molar-refractivity contribution in [3.8, 4) is 5.75 Å². The number of carbonyl (C=O) groups excluding carboxylic acids is 2. The highest BCUT2D eigenvalue weighted by Crippen LogP contribution is 2.38. The summed E-state index contributed by atoms with van der Waals surface area (Å²) in [4.78, 5) is 26.5. The first-order chi connectivity index (χ1) is 12.6. The molecule has 4 rings (SSSR count). The molecule has 1 heterocycles. The van der Waals surface area contributed by atoms with Gasteiger partial charge in [-0.2, -0.15) is 0 Å². The summed E-state index contributed by atoms with van der Waals surface area (Å²) in [7, 11) is 0. The van der Waals surface area contributed by atoms with E-state index >= 15 is 0 Å². The zero-order chi connectivity index (χ0) is 18.3. The van der Waals surface area contributed by atoms with Crippen molar-refractivity contribution in [1.82, 2.24) is 0 Å². The van der Waals surface area contributed by atoms with Gasteiger partial charge in [-0.1, -0.05) is 24.3 Å². The Labute approximate surface area is 152 Å². The zero-order valence-electron chi connectivity index (χ0n) is 14.8. The van der Waals surface area contributed by atoms with Crippen LogP contribution in [0.2, 0.25) is 0 Å². The summed E-state index contributed by atoms with van der Waals surface area (Å²) in [6.45, 7) is 4.34. The van der Waals surface area contributed by atoms with Gasteiger partial charge in [0.25, 0.3) is 5.91 Å². The van der Waals surface area contributed by atoms with Gasteiger partial charge in [-0.25, -0.2) is 0 Å². The normalized spacial score (nSPS) is 12.7. The van der Waals surface area contributed by atoms with E-state index in [-0.39, 0.29) is 11.7 Å². The molecule has 0 fully saturated rings. The molecular weight excluding hydrogens is 326 g/mol. The van der Waals surface area contributed by atoms with E-state index in [4.69, 9.17) is 4.74 Å².